The average molecular weight is 283 g/mol. The number of morpholine rings is 1. The Bertz CT molecular complexity index is 550. The molecule has 0 radical (unpaired) electrons. The van der Waals surface area contributed by atoms with E-state index in [2.05, 4.69) is 41.7 Å². The van der Waals surface area contributed by atoms with Gasteiger partial charge in [0.05, 0.1) is 6.61 Å². The molecule has 1 unspecified atom stereocenters. The average Bonchev–Trinajstić information content (AvgIpc) is 2.56. The molecule has 110 valence electrons. The van der Waals surface area contributed by atoms with E-state index in [1.54, 1.807) is 0 Å². The Morgan fingerprint density at radius 3 is 2.67 bits per heavy atom. The molecule has 3 rings (SSSR count). The zero-order valence-electron chi connectivity index (χ0n) is 12.1. The van der Waals surface area contributed by atoms with Gasteiger partial charge >= 0.3 is 0 Å². The number of nitrogens with one attached hydrogen (secondary N) is 1. The molecule has 3 heteroatoms. The largest absolute Gasteiger partial charge is 0.491 e. The van der Waals surface area contributed by atoms with Crippen LogP contribution in [-0.4, -0.2) is 32.4 Å². The predicted octanol–water partition coefficient (Wildman–Crippen LogP) is 2.64. The van der Waals surface area contributed by atoms with Crippen LogP contribution in [0.2, 0.25) is 0 Å². The molecule has 3 nitrogen and oxygen atoms in total. The Morgan fingerprint density at radius 1 is 1.05 bits per heavy atom. The van der Waals surface area contributed by atoms with Gasteiger partial charge in [-0.1, -0.05) is 48.5 Å². The van der Waals surface area contributed by atoms with E-state index in [1.165, 1.54) is 11.1 Å². The van der Waals surface area contributed by atoms with Crippen molar-refractivity contribution in [2.24, 2.45) is 0 Å². The van der Waals surface area contributed by atoms with Crippen molar-refractivity contribution < 1.29 is 9.47 Å². The first kappa shape index (κ1) is 14.1. The number of para-hydroxylation sites is 1. The summed E-state index contributed by atoms with van der Waals surface area (Å²) in [6, 6.07) is 18.7. The van der Waals surface area contributed by atoms with Gasteiger partial charge in [-0.3, -0.25) is 0 Å². The molecule has 1 aliphatic heterocycles. The fourth-order valence-corrected chi connectivity index (χ4v) is 2.52. The van der Waals surface area contributed by atoms with Gasteiger partial charge in [0.1, 0.15) is 18.5 Å². The van der Waals surface area contributed by atoms with Crippen molar-refractivity contribution >= 4 is 0 Å². The molecule has 1 aliphatic rings. The molecule has 1 saturated heterocycles. The van der Waals surface area contributed by atoms with Crippen LogP contribution in [0.4, 0.5) is 0 Å². The smallest absolute Gasteiger partial charge is 0.122 e. The summed E-state index contributed by atoms with van der Waals surface area (Å²) in [5.41, 5.74) is 2.51. The van der Waals surface area contributed by atoms with Crippen LogP contribution >= 0.6 is 0 Å². The van der Waals surface area contributed by atoms with Gasteiger partial charge in [0, 0.05) is 19.5 Å². The number of hydrogen-bond donors (Lipinski definition) is 1. The second-order valence-corrected chi connectivity index (χ2v) is 5.28. The van der Waals surface area contributed by atoms with Crippen molar-refractivity contribution in [3.8, 4) is 5.75 Å². The number of benzene rings is 2. The molecule has 1 heterocycles. The van der Waals surface area contributed by atoms with E-state index in [4.69, 9.17) is 9.47 Å². The summed E-state index contributed by atoms with van der Waals surface area (Å²) >= 11 is 0. The lowest BCUT2D eigenvalue weighted by Gasteiger charge is -2.24. The van der Waals surface area contributed by atoms with E-state index in [0.29, 0.717) is 6.61 Å². The van der Waals surface area contributed by atoms with Gasteiger partial charge in [0.15, 0.2) is 0 Å². The predicted molar refractivity (Wildman–Crippen MR) is 83.8 cm³/mol. The maximum atomic E-state index is 5.98. The number of hydrogen-bond acceptors (Lipinski definition) is 3. The van der Waals surface area contributed by atoms with Gasteiger partial charge in [0.25, 0.3) is 0 Å². The molecule has 1 fully saturated rings. The molecule has 2 aromatic rings. The van der Waals surface area contributed by atoms with Crippen molar-refractivity contribution in [3.63, 3.8) is 0 Å². The molecule has 0 saturated carbocycles. The number of rotatable bonds is 5. The Labute approximate surface area is 125 Å². The second-order valence-electron chi connectivity index (χ2n) is 5.28. The van der Waals surface area contributed by atoms with Crippen LogP contribution in [0.15, 0.2) is 54.6 Å². The van der Waals surface area contributed by atoms with Crippen molar-refractivity contribution in [1.82, 2.24) is 5.32 Å². The topological polar surface area (TPSA) is 30.5 Å². The Kier molecular flexibility index (Phi) is 4.87. The Hall–Kier alpha value is -1.84. The van der Waals surface area contributed by atoms with E-state index in [-0.39, 0.29) is 6.10 Å². The molecule has 0 amide bonds. The normalized spacial score (nSPS) is 18.4. The van der Waals surface area contributed by atoms with Crippen molar-refractivity contribution in [2.75, 3.05) is 26.3 Å². The maximum absolute atomic E-state index is 5.98. The van der Waals surface area contributed by atoms with Gasteiger partial charge < -0.3 is 14.8 Å². The highest BCUT2D eigenvalue weighted by molar-refractivity contribution is 5.37. The molecule has 0 aliphatic carbocycles. The van der Waals surface area contributed by atoms with Crippen LogP contribution in [-0.2, 0) is 11.2 Å². The summed E-state index contributed by atoms with van der Waals surface area (Å²) in [6.07, 6.45) is 1.03. The standard InChI is InChI=1S/C18H21NO2/c1-2-6-15(7-3-1)12-16-8-4-5-9-18(16)21-14-17-13-19-10-11-20-17/h1-9,17,19H,10-14H2. The van der Waals surface area contributed by atoms with Gasteiger partial charge in [0.2, 0.25) is 0 Å². The molecule has 0 aromatic heterocycles. The number of ether oxygens (including phenoxy) is 2. The van der Waals surface area contributed by atoms with Crippen molar-refractivity contribution in [3.05, 3.63) is 65.7 Å². The van der Waals surface area contributed by atoms with Crippen LogP contribution in [0.5, 0.6) is 5.75 Å². The summed E-state index contributed by atoms with van der Waals surface area (Å²) in [6.45, 7) is 3.15. The maximum Gasteiger partial charge on any atom is 0.122 e. The van der Waals surface area contributed by atoms with Crippen molar-refractivity contribution in [2.45, 2.75) is 12.5 Å². The zero-order chi connectivity index (χ0) is 14.3. The first-order valence-electron chi connectivity index (χ1n) is 7.49. The van der Waals surface area contributed by atoms with Crippen LogP contribution in [0.25, 0.3) is 0 Å². The van der Waals surface area contributed by atoms with Gasteiger partial charge in [-0.2, -0.15) is 0 Å². The molecular weight excluding hydrogens is 262 g/mol. The molecule has 0 spiro atoms. The van der Waals surface area contributed by atoms with E-state index >= 15 is 0 Å². The summed E-state index contributed by atoms with van der Waals surface area (Å²) < 4.78 is 11.7. The minimum atomic E-state index is 0.142. The molecule has 1 N–H and O–H groups in total. The second kappa shape index (κ2) is 7.25. The highest BCUT2D eigenvalue weighted by Gasteiger charge is 2.14. The van der Waals surface area contributed by atoms with E-state index in [1.807, 2.05) is 18.2 Å². The van der Waals surface area contributed by atoms with E-state index in [0.717, 1.165) is 31.9 Å². The molecular formula is C18H21NO2. The SMILES string of the molecule is c1ccc(Cc2ccccc2OCC2CNCCO2)cc1. The van der Waals surface area contributed by atoms with E-state index in [9.17, 15) is 0 Å². The van der Waals surface area contributed by atoms with Gasteiger partial charge in [-0.05, 0) is 17.2 Å². The molecule has 0 bridgehead atoms. The Balaban J connectivity index is 1.64. The van der Waals surface area contributed by atoms with Crippen molar-refractivity contribution in [1.29, 1.82) is 0 Å². The third-order valence-electron chi connectivity index (χ3n) is 3.64. The van der Waals surface area contributed by atoms with Crippen LogP contribution in [0, 0.1) is 0 Å². The Morgan fingerprint density at radius 2 is 1.86 bits per heavy atom. The first-order valence-corrected chi connectivity index (χ1v) is 7.49. The summed E-state index contributed by atoms with van der Waals surface area (Å²) in [4.78, 5) is 0. The third-order valence-corrected chi connectivity index (χ3v) is 3.64. The summed E-state index contributed by atoms with van der Waals surface area (Å²) in [5.74, 6) is 0.954. The first-order chi connectivity index (χ1) is 10.4. The lowest BCUT2D eigenvalue weighted by molar-refractivity contribution is 0.0000337. The molecule has 2 aromatic carbocycles. The van der Waals surface area contributed by atoms with E-state index < -0.39 is 0 Å². The lowest BCUT2D eigenvalue weighted by Crippen LogP contribution is -2.41. The molecule has 1 atom stereocenters. The van der Waals surface area contributed by atoms with Crippen LogP contribution < -0.4 is 10.1 Å². The quantitative estimate of drug-likeness (QED) is 0.915. The van der Waals surface area contributed by atoms with Gasteiger partial charge in [-0.15, -0.1) is 0 Å². The highest BCUT2D eigenvalue weighted by Crippen LogP contribution is 2.21. The van der Waals surface area contributed by atoms with Crippen LogP contribution in [0.3, 0.4) is 0 Å². The highest BCUT2D eigenvalue weighted by atomic mass is 16.5. The fraction of sp³-hybridized carbons (Fsp3) is 0.333. The lowest BCUT2D eigenvalue weighted by atomic mass is 10.0. The summed E-state index contributed by atoms with van der Waals surface area (Å²) in [5, 5.41) is 3.32. The zero-order valence-corrected chi connectivity index (χ0v) is 12.1. The van der Waals surface area contributed by atoms with Gasteiger partial charge in [-0.25, -0.2) is 0 Å². The fourth-order valence-electron chi connectivity index (χ4n) is 2.52. The summed E-state index contributed by atoms with van der Waals surface area (Å²) in [7, 11) is 0. The minimum Gasteiger partial charge on any atom is -0.491 e. The third kappa shape index (κ3) is 4.06. The molecule has 21 heavy (non-hydrogen) atoms. The monoisotopic (exact) mass is 283 g/mol. The van der Waals surface area contributed by atoms with Crippen LogP contribution in [0.1, 0.15) is 11.1 Å². The minimum absolute atomic E-state index is 0.142.